The average Bonchev–Trinajstić information content (AvgIpc) is 3.10. The summed E-state index contributed by atoms with van der Waals surface area (Å²) < 4.78 is 11.0. The Labute approximate surface area is 159 Å². The van der Waals surface area contributed by atoms with Crippen LogP contribution in [0.5, 0.6) is 5.75 Å². The maximum atomic E-state index is 12.0. The summed E-state index contributed by atoms with van der Waals surface area (Å²) in [5.41, 5.74) is 1.43. The third-order valence-electron chi connectivity index (χ3n) is 3.25. The van der Waals surface area contributed by atoms with E-state index in [1.54, 1.807) is 24.3 Å². The van der Waals surface area contributed by atoms with Gasteiger partial charge in [-0.15, -0.1) is 10.2 Å². The molecular weight excluding hydrogens is 374 g/mol. The lowest BCUT2D eigenvalue weighted by atomic mass is 10.2. The molecule has 0 unspecified atom stereocenters. The van der Waals surface area contributed by atoms with Crippen LogP contribution in [0.3, 0.4) is 0 Å². The highest BCUT2D eigenvalue weighted by Crippen LogP contribution is 2.25. The van der Waals surface area contributed by atoms with Crippen molar-refractivity contribution in [2.24, 2.45) is 0 Å². The van der Waals surface area contributed by atoms with Gasteiger partial charge < -0.3 is 14.5 Å². The van der Waals surface area contributed by atoms with Crippen molar-refractivity contribution >= 4 is 35.0 Å². The van der Waals surface area contributed by atoms with Crippen LogP contribution in [0.15, 0.2) is 58.2 Å². The van der Waals surface area contributed by atoms with Gasteiger partial charge in [0.2, 0.25) is 11.8 Å². The predicted molar refractivity (Wildman–Crippen MR) is 102 cm³/mol. The second-order valence-electron chi connectivity index (χ2n) is 5.18. The summed E-state index contributed by atoms with van der Waals surface area (Å²) >= 11 is 7.06. The van der Waals surface area contributed by atoms with E-state index in [-0.39, 0.29) is 11.7 Å². The quantitative estimate of drug-likeness (QED) is 0.598. The zero-order valence-electron chi connectivity index (χ0n) is 13.9. The number of carbonyl (C=O) groups excluding carboxylic acids is 1. The SMILES string of the molecule is CCOc1ccc(-c2nnc(SCC(=O)Nc3cccc(Cl)c3)o2)cc1. The second kappa shape index (κ2) is 8.73. The Morgan fingerprint density at radius 2 is 2.04 bits per heavy atom. The van der Waals surface area contributed by atoms with Crippen LogP contribution in [0.1, 0.15) is 6.92 Å². The molecule has 0 fully saturated rings. The van der Waals surface area contributed by atoms with Crippen LogP contribution in [-0.2, 0) is 4.79 Å². The molecule has 26 heavy (non-hydrogen) atoms. The molecule has 1 amide bonds. The van der Waals surface area contributed by atoms with Crippen LogP contribution >= 0.6 is 23.4 Å². The largest absolute Gasteiger partial charge is 0.494 e. The zero-order valence-corrected chi connectivity index (χ0v) is 15.5. The van der Waals surface area contributed by atoms with Gasteiger partial charge in [0.05, 0.1) is 12.4 Å². The van der Waals surface area contributed by atoms with E-state index < -0.39 is 0 Å². The number of halogens is 1. The van der Waals surface area contributed by atoms with Crippen molar-refractivity contribution in [3.8, 4) is 17.2 Å². The minimum atomic E-state index is -0.182. The Bertz CT molecular complexity index is 883. The molecule has 0 saturated carbocycles. The molecule has 8 heteroatoms. The third-order valence-corrected chi connectivity index (χ3v) is 4.31. The highest BCUT2D eigenvalue weighted by molar-refractivity contribution is 7.99. The first kappa shape index (κ1) is 18.3. The summed E-state index contributed by atoms with van der Waals surface area (Å²) in [5, 5.41) is 11.6. The van der Waals surface area contributed by atoms with E-state index >= 15 is 0 Å². The highest BCUT2D eigenvalue weighted by atomic mass is 35.5. The minimum absolute atomic E-state index is 0.150. The minimum Gasteiger partial charge on any atom is -0.494 e. The average molecular weight is 390 g/mol. The maximum Gasteiger partial charge on any atom is 0.277 e. The second-order valence-corrected chi connectivity index (χ2v) is 6.54. The lowest BCUT2D eigenvalue weighted by Crippen LogP contribution is -2.13. The normalized spacial score (nSPS) is 10.5. The molecule has 134 valence electrons. The van der Waals surface area contributed by atoms with Gasteiger partial charge in [0, 0.05) is 16.3 Å². The Balaban J connectivity index is 1.55. The molecule has 3 rings (SSSR count). The first-order valence-corrected chi connectivity index (χ1v) is 9.25. The summed E-state index contributed by atoms with van der Waals surface area (Å²) in [6.07, 6.45) is 0. The van der Waals surface area contributed by atoms with Crippen molar-refractivity contribution in [2.45, 2.75) is 12.1 Å². The molecule has 1 heterocycles. The van der Waals surface area contributed by atoms with Crippen LogP contribution in [0.2, 0.25) is 5.02 Å². The number of hydrogen-bond donors (Lipinski definition) is 1. The molecule has 0 bridgehead atoms. The van der Waals surface area contributed by atoms with Crippen molar-refractivity contribution in [3.63, 3.8) is 0 Å². The number of rotatable bonds is 7. The van der Waals surface area contributed by atoms with Gasteiger partial charge in [0.1, 0.15) is 5.75 Å². The topological polar surface area (TPSA) is 77.2 Å². The van der Waals surface area contributed by atoms with Crippen LogP contribution < -0.4 is 10.1 Å². The number of hydrogen-bond acceptors (Lipinski definition) is 6. The van der Waals surface area contributed by atoms with E-state index in [4.69, 9.17) is 20.8 Å². The summed E-state index contributed by atoms with van der Waals surface area (Å²) in [5.74, 6) is 1.14. The molecule has 0 atom stereocenters. The van der Waals surface area contributed by atoms with Crippen LogP contribution in [-0.4, -0.2) is 28.5 Å². The highest BCUT2D eigenvalue weighted by Gasteiger charge is 2.11. The molecule has 6 nitrogen and oxygen atoms in total. The van der Waals surface area contributed by atoms with Gasteiger partial charge in [-0.3, -0.25) is 4.79 Å². The Kier molecular flexibility index (Phi) is 6.14. The monoisotopic (exact) mass is 389 g/mol. The molecule has 3 aromatic rings. The number of aromatic nitrogens is 2. The fourth-order valence-electron chi connectivity index (χ4n) is 2.14. The molecule has 0 spiro atoms. The number of benzene rings is 2. The van der Waals surface area contributed by atoms with Crippen LogP contribution in [0.4, 0.5) is 5.69 Å². The molecule has 0 radical (unpaired) electrons. The fourth-order valence-corrected chi connectivity index (χ4v) is 2.89. The van der Waals surface area contributed by atoms with Gasteiger partial charge in [-0.25, -0.2) is 0 Å². The number of nitrogens with one attached hydrogen (secondary N) is 1. The van der Waals surface area contributed by atoms with E-state index in [9.17, 15) is 4.79 Å². The predicted octanol–water partition coefficient (Wildman–Crippen LogP) is 4.52. The van der Waals surface area contributed by atoms with Crippen molar-refractivity contribution in [2.75, 3.05) is 17.7 Å². The first-order valence-electron chi connectivity index (χ1n) is 7.89. The van der Waals surface area contributed by atoms with Gasteiger partial charge in [-0.05, 0) is 49.4 Å². The number of carbonyl (C=O) groups is 1. The number of amides is 1. The third kappa shape index (κ3) is 5.00. The maximum absolute atomic E-state index is 12.0. The van der Waals surface area contributed by atoms with Gasteiger partial charge in [-0.2, -0.15) is 0 Å². The van der Waals surface area contributed by atoms with Crippen molar-refractivity contribution in [1.29, 1.82) is 0 Å². The lowest BCUT2D eigenvalue weighted by molar-refractivity contribution is -0.113. The molecule has 1 N–H and O–H groups in total. The summed E-state index contributed by atoms with van der Waals surface area (Å²) in [7, 11) is 0. The molecule has 0 aliphatic heterocycles. The standard InChI is InChI=1S/C18H16ClN3O3S/c1-2-24-15-8-6-12(7-9-15)17-21-22-18(25-17)26-11-16(23)20-14-5-3-4-13(19)10-14/h3-10H,2,11H2,1H3,(H,20,23). The van der Waals surface area contributed by atoms with E-state index in [1.807, 2.05) is 31.2 Å². The molecule has 0 aliphatic rings. The van der Waals surface area contributed by atoms with E-state index in [2.05, 4.69) is 15.5 Å². The zero-order chi connectivity index (χ0) is 18.4. The summed E-state index contributed by atoms with van der Waals surface area (Å²) in [6, 6.07) is 14.3. The van der Waals surface area contributed by atoms with Crippen LogP contribution in [0.25, 0.3) is 11.5 Å². The van der Waals surface area contributed by atoms with Crippen molar-refractivity contribution < 1.29 is 13.9 Å². The van der Waals surface area contributed by atoms with Gasteiger partial charge in [-0.1, -0.05) is 29.4 Å². The van der Waals surface area contributed by atoms with Gasteiger partial charge >= 0.3 is 0 Å². The molecule has 1 aromatic heterocycles. The lowest BCUT2D eigenvalue weighted by Gasteiger charge is -2.04. The Morgan fingerprint density at radius 3 is 2.77 bits per heavy atom. The first-order chi connectivity index (χ1) is 12.6. The number of thioether (sulfide) groups is 1. The van der Waals surface area contributed by atoms with Gasteiger partial charge in [0.15, 0.2) is 0 Å². The molecule has 0 saturated heterocycles. The number of anilines is 1. The van der Waals surface area contributed by atoms with Crippen LogP contribution in [0, 0.1) is 0 Å². The van der Waals surface area contributed by atoms with E-state index in [1.165, 1.54) is 11.8 Å². The van der Waals surface area contributed by atoms with Gasteiger partial charge in [0.25, 0.3) is 5.22 Å². The van der Waals surface area contributed by atoms with E-state index in [0.717, 1.165) is 11.3 Å². The summed E-state index contributed by atoms with van der Waals surface area (Å²) in [6.45, 7) is 2.54. The fraction of sp³-hybridized carbons (Fsp3) is 0.167. The number of nitrogens with zero attached hydrogens (tertiary/aromatic N) is 2. The van der Waals surface area contributed by atoms with Crippen molar-refractivity contribution in [1.82, 2.24) is 10.2 Å². The molecule has 2 aromatic carbocycles. The summed E-state index contributed by atoms with van der Waals surface area (Å²) in [4.78, 5) is 12.0. The Morgan fingerprint density at radius 1 is 1.23 bits per heavy atom. The molecular formula is C18H16ClN3O3S. The van der Waals surface area contributed by atoms with E-state index in [0.29, 0.717) is 28.4 Å². The smallest absolute Gasteiger partial charge is 0.277 e. The molecule has 0 aliphatic carbocycles. The Hall–Kier alpha value is -2.51. The van der Waals surface area contributed by atoms with Crippen molar-refractivity contribution in [3.05, 3.63) is 53.6 Å². The number of ether oxygens (including phenoxy) is 1.